The second-order valence-electron chi connectivity index (χ2n) is 8.73. The molecule has 2 N–H and O–H groups in total. The molecule has 0 radical (unpaired) electrons. The fourth-order valence-corrected chi connectivity index (χ4v) is 6.64. The van der Waals surface area contributed by atoms with Crippen molar-refractivity contribution in [1.29, 1.82) is 0 Å². The number of unbranched alkanes of at least 4 members (excludes halogenated alkanes) is 1. The summed E-state index contributed by atoms with van der Waals surface area (Å²) < 4.78 is 16.4. The molecule has 210 valence electrons. The van der Waals surface area contributed by atoms with Gasteiger partial charge in [-0.2, -0.15) is 0 Å². The molecule has 0 aromatic carbocycles. The van der Waals surface area contributed by atoms with E-state index in [4.69, 9.17) is 14.2 Å². The van der Waals surface area contributed by atoms with Crippen LogP contribution >= 0.6 is 21.6 Å². The van der Waals surface area contributed by atoms with E-state index in [2.05, 4.69) is 10.6 Å². The average molecular weight is 560 g/mol. The van der Waals surface area contributed by atoms with E-state index < -0.39 is 0 Å². The number of amides is 4. The fourth-order valence-electron chi connectivity index (χ4n) is 3.61. The van der Waals surface area contributed by atoms with Gasteiger partial charge in [0.2, 0.25) is 11.8 Å². The Morgan fingerprint density at radius 2 is 1.38 bits per heavy atom. The smallest absolute Gasteiger partial charge is 0.253 e. The molecule has 0 aromatic rings. The van der Waals surface area contributed by atoms with Crippen molar-refractivity contribution in [3.8, 4) is 0 Å². The third-order valence-electron chi connectivity index (χ3n) is 5.69. The van der Waals surface area contributed by atoms with Crippen molar-refractivity contribution >= 4 is 45.2 Å². The highest BCUT2D eigenvalue weighted by Crippen LogP contribution is 2.39. The molecule has 1 saturated heterocycles. The van der Waals surface area contributed by atoms with Crippen LogP contribution in [0.4, 0.5) is 0 Å². The lowest BCUT2D eigenvalue weighted by atomic mass is 10.1. The van der Waals surface area contributed by atoms with Crippen molar-refractivity contribution in [3.63, 3.8) is 0 Å². The van der Waals surface area contributed by atoms with E-state index in [0.29, 0.717) is 65.6 Å². The molecule has 0 spiro atoms. The van der Waals surface area contributed by atoms with Crippen LogP contribution in [0.15, 0.2) is 12.2 Å². The lowest BCUT2D eigenvalue weighted by Gasteiger charge is -2.13. The first-order valence-electron chi connectivity index (χ1n) is 13.1. The summed E-state index contributed by atoms with van der Waals surface area (Å²) in [5, 5.41) is 6.48. The molecule has 2 aliphatic rings. The topological polar surface area (TPSA) is 123 Å². The molecule has 1 fully saturated rings. The minimum Gasteiger partial charge on any atom is -0.379 e. The molecule has 0 saturated carbocycles. The highest BCUT2D eigenvalue weighted by atomic mass is 33.1. The van der Waals surface area contributed by atoms with Crippen LogP contribution in [-0.2, 0) is 33.4 Å². The van der Waals surface area contributed by atoms with Crippen molar-refractivity contribution in [2.45, 2.75) is 56.6 Å². The largest absolute Gasteiger partial charge is 0.379 e. The van der Waals surface area contributed by atoms with Gasteiger partial charge in [-0.3, -0.25) is 24.1 Å². The summed E-state index contributed by atoms with van der Waals surface area (Å²) in [4.78, 5) is 47.5. The first-order valence-corrected chi connectivity index (χ1v) is 15.5. The molecule has 4 amide bonds. The Labute approximate surface area is 227 Å². The van der Waals surface area contributed by atoms with E-state index in [1.54, 1.807) is 0 Å². The number of nitrogens with one attached hydrogen (secondary N) is 2. The first kappa shape index (κ1) is 31.6. The second kappa shape index (κ2) is 20.4. The summed E-state index contributed by atoms with van der Waals surface area (Å²) >= 11 is 0. The summed E-state index contributed by atoms with van der Waals surface area (Å²) in [6, 6.07) is 0. The van der Waals surface area contributed by atoms with Crippen LogP contribution < -0.4 is 10.6 Å². The van der Waals surface area contributed by atoms with Crippen LogP contribution in [0.25, 0.3) is 0 Å². The Morgan fingerprint density at radius 1 is 0.811 bits per heavy atom. The Bertz CT molecular complexity index is 715. The summed E-state index contributed by atoms with van der Waals surface area (Å²) in [5.41, 5.74) is 0. The Kier molecular flexibility index (Phi) is 17.4. The number of imide groups is 1. The Hall–Kier alpha value is -1.60. The Balaban J connectivity index is 1.24. The SMILES string of the molecule is O=C(CCCCC1CCSS1)NCCCOCCOCCOCCCNC(=O)CCN1C(=O)C=CC1=O. The Morgan fingerprint density at radius 3 is 1.95 bits per heavy atom. The number of carbonyl (C=O) groups is 4. The van der Waals surface area contributed by atoms with Crippen molar-refractivity contribution in [3.05, 3.63) is 12.2 Å². The summed E-state index contributed by atoms with van der Waals surface area (Å²) in [5.74, 6) is 0.426. The van der Waals surface area contributed by atoms with E-state index in [9.17, 15) is 19.2 Å². The van der Waals surface area contributed by atoms with Gasteiger partial charge in [0, 0.05) is 68.8 Å². The van der Waals surface area contributed by atoms with Gasteiger partial charge in [0.15, 0.2) is 0 Å². The van der Waals surface area contributed by atoms with Crippen molar-refractivity contribution in [2.75, 3.05) is 65.0 Å². The molecular formula is C25H41N3O7S2. The minimum absolute atomic E-state index is 0.0871. The molecule has 1 atom stereocenters. The summed E-state index contributed by atoms with van der Waals surface area (Å²) in [7, 11) is 3.96. The number of rotatable bonds is 22. The van der Waals surface area contributed by atoms with Gasteiger partial charge in [0.25, 0.3) is 11.8 Å². The molecule has 12 heteroatoms. The predicted molar refractivity (Wildman–Crippen MR) is 145 cm³/mol. The fraction of sp³-hybridized carbons (Fsp3) is 0.760. The van der Waals surface area contributed by atoms with Crippen molar-refractivity contribution < 1.29 is 33.4 Å². The predicted octanol–water partition coefficient (Wildman–Crippen LogP) is 2.08. The molecule has 2 heterocycles. The van der Waals surface area contributed by atoms with E-state index in [-0.39, 0.29) is 36.6 Å². The molecule has 2 aliphatic heterocycles. The van der Waals surface area contributed by atoms with Gasteiger partial charge in [-0.15, -0.1) is 0 Å². The molecular weight excluding hydrogens is 518 g/mol. The number of hydrogen-bond donors (Lipinski definition) is 2. The van der Waals surface area contributed by atoms with E-state index in [1.807, 2.05) is 21.6 Å². The number of hydrogen-bond acceptors (Lipinski definition) is 9. The molecule has 1 unspecified atom stereocenters. The van der Waals surface area contributed by atoms with E-state index >= 15 is 0 Å². The monoisotopic (exact) mass is 559 g/mol. The van der Waals surface area contributed by atoms with Gasteiger partial charge in [-0.05, 0) is 32.1 Å². The van der Waals surface area contributed by atoms with Gasteiger partial charge in [0.05, 0.1) is 26.4 Å². The lowest BCUT2D eigenvalue weighted by Crippen LogP contribution is -2.35. The van der Waals surface area contributed by atoms with Crippen LogP contribution in [0.1, 0.15) is 51.4 Å². The number of nitrogens with zero attached hydrogens (tertiary/aromatic N) is 1. The second-order valence-corrected chi connectivity index (χ2v) is 11.5. The first-order chi connectivity index (χ1) is 18.1. The van der Waals surface area contributed by atoms with Crippen LogP contribution in [0.5, 0.6) is 0 Å². The maximum atomic E-state index is 11.8. The van der Waals surface area contributed by atoms with Crippen LogP contribution in [-0.4, -0.2) is 98.8 Å². The van der Waals surface area contributed by atoms with Crippen molar-refractivity contribution in [2.24, 2.45) is 0 Å². The highest BCUT2D eigenvalue weighted by molar-refractivity contribution is 8.77. The maximum Gasteiger partial charge on any atom is 0.253 e. The zero-order valence-electron chi connectivity index (χ0n) is 21.6. The standard InChI is InChI=1S/C25H41N3O7S2/c29-22(6-2-1-5-21-10-20-36-37-21)26-11-3-14-33-16-18-35-19-17-34-15-4-12-27-23(30)9-13-28-24(31)7-8-25(28)32/h7-8,21H,1-6,9-20H2,(H,26,29)(H,27,30). The molecule has 37 heavy (non-hydrogen) atoms. The zero-order chi connectivity index (χ0) is 26.6. The van der Waals surface area contributed by atoms with Crippen LogP contribution in [0.3, 0.4) is 0 Å². The molecule has 0 aromatic heterocycles. The lowest BCUT2D eigenvalue weighted by molar-refractivity contribution is -0.137. The number of ether oxygens (including phenoxy) is 3. The van der Waals surface area contributed by atoms with Crippen LogP contribution in [0.2, 0.25) is 0 Å². The van der Waals surface area contributed by atoms with Gasteiger partial charge < -0.3 is 24.8 Å². The van der Waals surface area contributed by atoms with Gasteiger partial charge >= 0.3 is 0 Å². The van der Waals surface area contributed by atoms with Gasteiger partial charge in [0.1, 0.15) is 0 Å². The van der Waals surface area contributed by atoms with E-state index in [1.165, 1.54) is 30.7 Å². The molecule has 10 nitrogen and oxygen atoms in total. The zero-order valence-corrected chi connectivity index (χ0v) is 23.2. The van der Waals surface area contributed by atoms with Gasteiger partial charge in [-0.1, -0.05) is 28.0 Å². The summed E-state index contributed by atoms with van der Waals surface area (Å²) in [6.45, 7) is 4.20. The quantitative estimate of drug-likeness (QED) is 0.117. The van der Waals surface area contributed by atoms with Gasteiger partial charge in [-0.25, -0.2) is 0 Å². The molecule has 2 rings (SSSR count). The maximum absolute atomic E-state index is 11.8. The normalized spacial score (nSPS) is 17.1. The number of carbonyl (C=O) groups excluding carboxylic acids is 4. The van der Waals surface area contributed by atoms with Crippen molar-refractivity contribution in [1.82, 2.24) is 15.5 Å². The minimum atomic E-state index is -0.380. The third kappa shape index (κ3) is 15.4. The average Bonchev–Trinajstić information content (AvgIpc) is 3.52. The van der Waals surface area contributed by atoms with Crippen LogP contribution in [0, 0.1) is 0 Å². The molecule has 0 aliphatic carbocycles. The molecule has 0 bridgehead atoms. The summed E-state index contributed by atoms with van der Waals surface area (Å²) in [6.07, 6.45) is 9.18. The highest BCUT2D eigenvalue weighted by Gasteiger charge is 2.23. The third-order valence-corrected chi connectivity index (χ3v) is 8.70. The van der Waals surface area contributed by atoms with E-state index in [0.717, 1.165) is 29.4 Å².